The fourth-order valence-electron chi connectivity index (χ4n) is 2.36. The third-order valence-electron chi connectivity index (χ3n) is 3.58. The van der Waals surface area contributed by atoms with E-state index in [4.69, 9.17) is 13.9 Å². The molecular formula is C17H14FN3O3. The van der Waals surface area contributed by atoms with E-state index >= 15 is 0 Å². The van der Waals surface area contributed by atoms with Crippen LogP contribution in [-0.4, -0.2) is 16.8 Å². The lowest BCUT2D eigenvalue weighted by molar-refractivity contribution is 0.0717. The lowest BCUT2D eigenvalue weighted by atomic mass is 10.2. The number of rotatable bonds is 4. The molecule has 0 saturated heterocycles. The van der Waals surface area contributed by atoms with Crippen molar-refractivity contribution in [2.45, 2.75) is 12.6 Å². The van der Waals surface area contributed by atoms with E-state index in [1.54, 1.807) is 12.1 Å². The van der Waals surface area contributed by atoms with Gasteiger partial charge in [0.25, 0.3) is 5.89 Å². The van der Waals surface area contributed by atoms with Gasteiger partial charge in [0.1, 0.15) is 12.4 Å². The third-order valence-corrected chi connectivity index (χ3v) is 3.58. The van der Waals surface area contributed by atoms with Gasteiger partial charge in [-0.15, -0.1) is 5.10 Å². The van der Waals surface area contributed by atoms with Crippen molar-refractivity contribution in [3.05, 3.63) is 65.8 Å². The van der Waals surface area contributed by atoms with Crippen molar-refractivity contribution in [2.24, 2.45) is 0 Å². The summed E-state index contributed by atoms with van der Waals surface area (Å²) in [6.07, 6.45) is -0.450. The summed E-state index contributed by atoms with van der Waals surface area (Å²) in [5, 5.41) is 10.9. The maximum absolute atomic E-state index is 12.9. The van der Waals surface area contributed by atoms with Crippen LogP contribution in [-0.2, 0) is 6.54 Å². The number of nitrogens with one attached hydrogen (secondary N) is 1. The molecule has 4 rings (SSSR count). The van der Waals surface area contributed by atoms with Crippen molar-refractivity contribution >= 4 is 6.01 Å². The Kier molecular flexibility index (Phi) is 3.74. The maximum atomic E-state index is 12.9. The van der Waals surface area contributed by atoms with Gasteiger partial charge in [-0.05, 0) is 29.8 Å². The average molecular weight is 327 g/mol. The Morgan fingerprint density at radius 2 is 1.83 bits per heavy atom. The summed E-state index contributed by atoms with van der Waals surface area (Å²) in [6, 6.07) is 13.9. The number of hydrogen-bond acceptors (Lipinski definition) is 6. The van der Waals surface area contributed by atoms with Crippen LogP contribution in [0.1, 0.15) is 17.6 Å². The van der Waals surface area contributed by atoms with Crippen LogP contribution in [0.5, 0.6) is 11.5 Å². The molecule has 7 heteroatoms. The van der Waals surface area contributed by atoms with E-state index < -0.39 is 6.10 Å². The first-order chi connectivity index (χ1) is 11.8. The molecule has 6 nitrogen and oxygen atoms in total. The SMILES string of the molecule is Fc1ccc(CNc2nnc(C3COc4ccccc4O3)o2)cc1. The summed E-state index contributed by atoms with van der Waals surface area (Å²) in [6.45, 7) is 0.753. The highest BCUT2D eigenvalue weighted by molar-refractivity contribution is 5.41. The summed E-state index contributed by atoms with van der Waals surface area (Å²) >= 11 is 0. The summed E-state index contributed by atoms with van der Waals surface area (Å²) in [5.74, 6) is 1.41. The second-order valence-electron chi connectivity index (χ2n) is 5.29. The summed E-state index contributed by atoms with van der Waals surface area (Å²) in [5.41, 5.74) is 0.905. The molecule has 1 unspecified atom stereocenters. The zero-order valence-corrected chi connectivity index (χ0v) is 12.6. The van der Waals surface area contributed by atoms with Gasteiger partial charge in [-0.3, -0.25) is 0 Å². The van der Waals surface area contributed by atoms with Crippen molar-refractivity contribution in [3.63, 3.8) is 0 Å². The van der Waals surface area contributed by atoms with E-state index in [1.807, 2.05) is 24.3 Å². The number of ether oxygens (including phenoxy) is 2. The first-order valence-corrected chi connectivity index (χ1v) is 7.48. The van der Waals surface area contributed by atoms with Gasteiger partial charge in [0.2, 0.25) is 6.10 Å². The molecule has 1 N–H and O–H groups in total. The number of para-hydroxylation sites is 2. The van der Waals surface area contributed by atoms with Gasteiger partial charge in [0.05, 0.1) is 0 Å². The van der Waals surface area contributed by atoms with Gasteiger partial charge in [-0.25, -0.2) is 4.39 Å². The van der Waals surface area contributed by atoms with Crippen LogP contribution in [0.4, 0.5) is 10.4 Å². The van der Waals surface area contributed by atoms with Gasteiger partial charge in [-0.1, -0.05) is 29.4 Å². The Morgan fingerprint density at radius 1 is 1.04 bits per heavy atom. The summed E-state index contributed by atoms with van der Waals surface area (Å²) < 4.78 is 29.9. The van der Waals surface area contributed by atoms with Gasteiger partial charge >= 0.3 is 6.01 Å². The first kappa shape index (κ1) is 14.5. The third kappa shape index (κ3) is 3.01. The molecule has 0 saturated carbocycles. The second kappa shape index (κ2) is 6.19. The van der Waals surface area contributed by atoms with E-state index in [0.29, 0.717) is 30.5 Å². The van der Waals surface area contributed by atoms with Crippen LogP contribution < -0.4 is 14.8 Å². The largest absolute Gasteiger partial charge is 0.485 e. The van der Waals surface area contributed by atoms with E-state index in [-0.39, 0.29) is 11.8 Å². The normalized spacial score (nSPS) is 16.0. The monoisotopic (exact) mass is 327 g/mol. The molecule has 1 aliphatic heterocycles. The zero-order valence-electron chi connectivity index (χ0n) is 12.6. The molecule has 1 atom stereocenters. The van der Waals surface area contributed by atoms with Crippen LogP contribution in [0.2, 0.25) is 0 Å². The Morgan fingerprint density at radius 3 is 2.67 bits per heavy atom. The van der Waals surface area contributed by atoms with Crippen LogP contribution in [0.15, 0.2) is 52.9 Å². The molecule has 0 amide bonds. The molecule has 2 aromatic carbocycles. The van der Waals surface area contributed by atoms with Gasteiger partial charge < -0.3 is 19.2 Å². The first-order valence-electron chi connectivity index (χ1n) is 7.48. The number of anilines is 1. The molecule has 122 valence electrons. The van der Waals surface area contributed by atoms with E-state index in [9.17, 15) is 4.39 Å². The molecule has 3 aromatic rings. The fraction of sp³-hybridized carbons (Fsp3) is 0.176. The topological polar surface area (TPSA) is 69.4 Å². The minimum atomic E-state index is -0.450. The highest BCUT2D eigenvalue weighted by atomic mass is 19.1. The molecule has 0 radical (unpaired) electrons. The van der Waals surface area contributed by atoms with Crippen molar-refractivity contribution in [2.75, 3.05) is 11.9 Å². The van der Waals surface area contributed by atoms with E-state index in [1.165, 1.54) is 12.1 Å². The van der Waals surface area contributed by atoms with Crippen LogP contribution in [0.3, 0.4) is 0 Å². The number of benzene rings is 2. The minimum Gasteiger partial charge on any atom is -0.485 e. The quantitative estimate of drug-likeness (QED) is 0.792. The molecular weight excluding hydrogens is 313 g/mol. The number of aromatic nitrogens is 2. The highest BCUT2D eigenvalue weighted by Crippen LogP contribution is 2.35. The molecule has 24 heavy (non-hydrogen) atoms. The average Bonchev–Trinajstić information content (AvgIpc) is 3.10. The molecule has 0 spiro atoms. The molecule has 1 aromatic heterocycles. The molecule has 0 aliphatic carbocycles. The Bertz CT molecular complexity index is 835. The number of fused-ring (bicyclic) bond motifs is 1. The Balaban J connectivity index is 1.41. The van der Waals surface area contributed by atoms with Crippen molar-refractivity contribution in [1.82, 2.24) is 10.2 Å². The van der Waals surface area contributed by atoms with Gasteiger partial charge in [0, 0.05) is 6.54 Å². The lowest BCUT2D eigenvalue weighted by Crippen LogP contribution is -2.21. The van der Waals surface area contributed by atoms with Crippen molar-refractivity contribution < 1.29 is 18.3 Å². The fourth-order valence-corrected chi connectivity index (χ4v) is 2.36. The van der Waals surface area contributed by atoms with Crippen LogP contribution in [0.25, 0.3) is 0 Å². The lowest BCUT2D eigenvalue weighted by Gasteiger charge is -2.23. The van der Waals surface area contributed by atoms with Crippen molar-refractivity contribution in [1.29, 1.82) is 0 Å². The molecule has 1 aliphatic rings. The molecule has 2 heterocycles. The van der Waals surface area contributed by atoms with Gasteiger partial charge in [-0.2, -0.15) is 0 Å². The Hall–Kier alpha value is -3.09. The molecule has 0 fully saturated rings. The zero-order chi connectivity index (χ0) is 16.4. The molecule has 0 bridgehead atoms. The minimum absolute atomic E-state index is 0.270. The highest BCUT2D eigenvalue weighted by Gasteiger charge is 2.27. The van der Waals surface area contributed by atoms with Crippen molar-refractivity contribution in [3.8, 4) is 11.5 Å². The summed E-state index contributed by atoms with van der Waals surface area (Å²) in [4.78, 5) is 0. The maximum Gasteiger partial charge on any atom is 0.315 e. The summed E-state index contributed by atoms with van der Waals surface area (Å²) in [7, 11) is 0. The number of halogens is 1. The van der Waals surface area contributed by atoms with E-state index in [2.05, 4.69) is 15.5 Å². The van der Waals surface area contributed by atoms with E-state index in [0.717, 1.165) is 5.56 Å². The second-order valence-corrected chi connectivity index (χ2v) is 5.29. The Labute approximate surface area is 137 Å². The standard InChI is InChI=1S/C17H14FN3O3/c18-12-7-5-11(6-8-12)9-19-17-21-20-16(24-17)15-10-22-13-3-1-2-4-14(13)23-15/h1-8,15H,9-10H2,(H,19,21). The van der Waals surface area contributed by atoms with Crippen LogP contribution >= 0.6 is 0 Å². The number of hydrogen-bond donors (Lipinski definition) is 1. The number of nitrogens with zero attached hydrogens (tertiary/aromatic N) is 2. The van der Waals surface area contributed by atoms with Crippen LogP contribution in [0, 0.1) is 5.82 Å². The smallest absolute Gasteiger partial charge is 0.315 e. The van der Waals surface area contributed by atoms with Gasteiger partial charge in [0.15, 0.2) is 11.5 Å². The predicted octanol–water partition coefficient (Wildman–Crippen LogP) is 3.33. The predicted molar refractivity (Wildman–Crippen MR) is 83.3 cm³/mol.